The average molecular weight is 334 g/mol. The van der Waals surface area contributed by atoms with Gasteiger partial charge in [-0.05, 0) is 0 Å². The molecule has 0 bridgehead atoms. The summed E-state index contributed by atoms with van der Waals surface area (Å²) in [6.07, 6.45) is -25.3. The normalized spacial score (nSPS) is 19.1. The van der Waals surface area contributed by atoms with E-state index in [2.05, 4.69) is 4.74 Å². The van der Waals surface area contributed by atoms with Gasteiger partial charge in [0.25, 0.3) is 0 Å². The monoisotopic (exact) mass is 334 g/mol. The highest BCUT2D eigenvalue weighted by atomic mass is 19.4. The number of ether oxygens (including phenoxy) is 2. The fraction of sp³-hybridized carbons (Fsp3) is 1.00. The van der Waals surface area contributed by atoms with Crippen molar-refractivity contribution in [3.8, 4) is 0 Å². The zero-order chi connectivity index (χ0) is 16.6. The molecule has 2 unspecified atom stereocenters. The van der Waals surface area contributed by atoms with Gasteiger partial charge in [0.1, 0.15) is 0 Å². The fourth-order valence-electron chi connectivity index (χ4n) is 0.894. The van der Waals surface area contributed by atoms with E-state index in [0.717, 1.165) is 0 Å². The summed E-state index contributed by atoms with van der Waals surface area (Å²) in [5.74, 6) is -6.45. The molecule has 2 nitrogen and oxygen atoms in total. The number of hydrogen-bond donors (Lipinski definition) is 0. The third kappa shape index (κ3) is 4.88. The molecule has 0 radical (unpaired) electrons. The Morgan fingerprint density at radius 2 is 1.05 bits per heavy atom. The van der Waals surface area contributed by atoms with Gasteiger partial charge < -0.3 is 0 Å². The van der Waals surface area contributed by atoms with Crippen molar-refractivity contribution in [3.63, 3.8) is 0 Å². The lowest BCUT2D eigenvalue weighted by Gasteiger charge is -2.35. The van der Waals surface area contributed by atoms with E-state index in [4.69, 9.17) is 0 Å². The number of halogens is 12. The predicted octanol–water partition coefficient (Wildman–Crippen LogP) is 3.92. The fourth-order valence-corrected chi connectivity index (χ4v) is 0.894. The quantitative estimate of drug-likeness (QED) is 0.726. The van der Waals surface area contributed by atoms with Crippen LogP contribution in [-0.4, -0.2) is 37.3 Å². The molecule has 14 heteroatoms. The molecule has 0 aromatic heterocycles. The molecule has 0 spiro atoms. The van der Waals surface area contributed by atoms with Gasteiger partial charge >= 0.3 is 31.2 Å². The van der Waals surface area contributed by atoms with Crippen molar-refractivity contribution in [2.75, 3.05) is 0 Å². The molecule has 0 rings (SSSR count). The second-order valence-electron chi connectivity index (χ2n) is 3.01. The van der Waals surface area contributed by atoms with Gasteiger partial charge in [-0.1, -0.05) is 0 Å². The Kier molecular flexibility index (Phi) is 5.21. The highest BCUT2D eigenvalue weighted by Crippen LogP contribution is 2.47. The van der Waals surface area contributed by atoms with Crippen LogP contribution in [0.1, 0.15) is 0 Å². The molecule has 0 aliphatic heterocycles. The molecule has 122 valence electrons. The maximum Gasteiger partial charge on any atom is 0.523 e. The summed E-state index contributed by atoms with van der Waals surface area (Å²) in [6.45, 7) is -4.79. The molecular weight excluding hydrogens is 332 g/mol. The third-order valence-electron chi connectivity index (χ3n) is 1.53. The maximum absolute atomic E-state index is 13.1. The van der Waals surface area contributed by atoms with Crippen LogP contribution in [0.2, 0.25) is 0 Å². The molecule has 0 saturated carbocycles. The Morgan fingerprint density at radius 1 is 0.650 bits per heavy atom. The molecular formula is C6H2F12O2. The van der Waals surface area contributed by atoms with Crippen LogP contribution in [0.25, 0.3) is 0 Å². The van der Waals surface area contributed by atoms with E-state index in [9.17, 15) is 52.7 Å². The molecule has 20 heavy (non-hydrogen) atoms. The summed E-state index contributed by atoms with van der Waals surface area (Å²) in [5, 5.41) is 0. The molecule has 0 heterocycles. The van der Waals surface area contributed by atoms with E-state index in [0.29, 0.717) is 0 Å². The van der Waals surface area contributed by atoms with E-state index in [1.54, 1.807) is 0 Å². The zero-order valence-electron chi connectivity index (χ0n) is 8.51. The summed E-state index contributed by atoms with van der Waals surface area (Å²) in [6, 6.07) is 0. The van der Waals surface area contributed by atoms with Crippen LogP contribution in [0.15, 0.2) is 0 Å². The van der Waals surface area contributed by atoms with Crippen molar-refractivity contribution in [1.82, 2.24) is 0 Å². The minimum absolute atomic E-state index is 1.92. The van der Waals surface area contributed by atoms with Crippen LogP contribution in [0.5, 0.6) is 0 Å². The van der Waals surface area contributed by atoms with E-state index in [1.807, 2.05) is 4.74 Å². The molecule has 0 aromatic carbocycles. The molecule has 0 amide bonds. The molecule has 0 aliphatic carbocycles. The summed E-state index contributed by atoms with van der Waals surface area (Å²) in [7, 11) is 0. The molecule has 0 fully saturated rings. The first-order chi connectivity index (χ1) is 8.51. The summed E-state index contributed by atoms with van der Waals surface area (Å²) in [5.41, 5.74) is 0. The zero-order valence-corrected chi connectivity index (χ0v) is 8.51. The van der Waals surface area contributed by atoms with Crippen LogP contribution in [0.3, 0.4) is 0 Å². The molecule has 0 aliphatic rings. The van der Waals surface area contributed by atoms with Crippen molar-refractivity contribution < 1.29 is 62.2 Å². The summed E-state index contributed by atoms with van der Waals surface area (Å²) in [4.78, 5) is 0. The SMILES string of the molecule is FC(F)OC(F)(C(OC(F)(F)F)C(F)(F)F)C(F)(F)F. The van der Waals surface area contributed by atoms with Crippen molar-refractivity contribution in [3.05, 3.63) is 0 Å². The molecule has 0 N–H and O–H groups in total. The first kappa shape index (κ1) is 19.1. The Hall–Kier alpha value is -0.920. The Bertz CT molecular complexity index is 315. The van der Waals surface area contributed by atoms with Crippen LogP contribution in [-0.2, 0) is 9.47 Å². The van der Waals surface area contributed by atoms with Crippen molar-refractivity contribution in [2.24, 2.45) is 0 Å². The van der Waals surface area contributed by atoms with Gasteiger partial charge in [0.2, 0.25) is 6.10 Å². The van der Waals surface area contributed by atoms with Gasteiger partial charge in [-0.25, -0.2) is 0 Å². The second kappa shape index (κ2) is 5.46. The van der Waals surface area contributed by atoms with E-state index < -0.39 is 37.3 Å². The minimum atomic E-state index is -6.88. The van der Waals surface area contributed by atoms with Gasteiger partial charge in [-0.2, -0.15) is 39.5 Å². The van der Waals surface area contributed by atoms with Crippen LogP contribution >= 0.6 is 0 Å². The standard InChI is InChI=1S/C6H2F12O2/c7-2(8)20-3(9,5(13,14)15)1(4(10,11)12)19-6(16,17)18/h1-2H. The van der Waals surface area contributed by atoms with Crippen molar-refractivity contribution in [2.45, 2.75) is 37.3 Å². The topological polar surface area (TPSA) is 18.5 Å². The van der Waals surface area contributed by atoms with E-state index >= 15 is 0 Å². The average Bonchev–Trinajstić information content (AvgIpc) is 2.07. The summed E-state index contributed by atoms with van der Waals surface area (Å²) >= 11 is 0. The number of rotatable bonds is 4. The highest BCUT2D eigenvalue weighted by molar-refractivity contribution is 4.92. The van der Waals surface area contributed by atoms with Crippen LogP contribution < -0.4 is 0 Å². The minimum Gasteiger partial charge on any atom is -0.275 e. The van der Waals surface area contributed by atoms with Gasteiger partial charge in [-0.15, -0.1) is 13.2 Å². The maximum atomic E-state index is 13.1. The number of alkyl halides is 12. The molecule has 0 aromatic rings. The van der Waals surface area contributed by atoms with E-state index in [1.165, 1.54) is 0 Å². The lowest BCUT2D eigenvalue weighted by atomic mass is 10.1. The lowest BCUT2D eigenvalue weighted by Crippen LogP contribution is -2.61. The van der Waals surface area contributed by atoms with Gasteiger partial charge in [0.05, 0.1) is 0 Å². The largest absolute Gasteiger partial charge is 0.523 e. The predicted molar refractivity (Wildman–Crippen MR) is 34.0 cm³/mol. The van der Waals surface area contributed by atoms with Crippen LogP contribution in [0, 0.1) is 0 Å². The summed E-state index contributed by atoms with van der Waals surface area (Å²) < 4.78 is 147. The van der Waals surface area contributed by atoms with Crippen LogP contribution in [0.4, 0.5) is 52.7 Å². The molecule has 0 saturated heterocycles. The van der Waals surface area contributed by atoms with Crippen molar-refractivity contribution in [1.29, 1.82) is 0 Å². The first-order valence-corrected chi connectivity index (χ1v) is 4.03. The first-order valence-electron chi connectivity index (χ1n) is 4.03. The number of hydrogen-bond acceptors (Lipinski definition) is 2. The van der Waals surface area contributed by atoms with Crippen molar-refractivity contribution >= 4 is 0 Å². The van der Waals surface area contributed by atoms with Gasteiger partial charge in [0, 0.05) is 0 Å². The smallest absolute Gasteiger partial charge is 0.275 e. The van der Waals surface area contributed by atoms with Gasteiger partial charge in [0.15, 0.2) is 0 Å². The Labute approximate surface area is 101 Å². The van der Waals surface area contributed by atoms with Gasteiger partial charge in [-0.3, -0.25) is 9.47 Å². The lowest BCUT2D eigenvalue weighted by molar-refractivity contribution is -0.472. The third-order valence-corrected chi connectivity index (χ3v) is 1.53. The Balaban J connectivity index is 5.78. The highest BCUT2D eigenvalue weighted by Gasteiger charge is 2.73. The Morgan fingerprint density at radius 3 is 1.25 bits per heavy atom. The second-order valence-corrected chi connectivity index (χ2v) is 3.01. The van der Waals surface area contributed by atoms with E-state index in [-0.39, 0.29) is 0 Å². The molecule has 2 atom stereocenters.